The van der Waals surface area contributed by atoms with Crippen LogP contribution in [-0.4, -0.2) is 64.9 Å². The molecular weight excluding hydrogens is 610 g/mol. The van der Waals surface area contributed by atoms with Crippen LogP contribution in [0.15, 0.2) is 48.5 Å². The SMILES string of the molecule is CCCCCCCCCCCCOC(=O)c1ccc(Cl)c(NC(=O)C(C(C)=O)N2C(=O)C(OCC)N(Cc3ccccc3)C2=O)c1. The Hall–Kier alpha value is -3.76. The molecule has 0 aromatic heterocycles. The maximum Gasteiger partial charge on any atom is 0.338 e. The summed E-state index contributed by atoms with van der Waals surface area (Å²) in [7, 11) is 0. The van der Waals surface area contributed by atoms with Crippen molar-refractivity contribution in [2.24, 2.45) is 0 Å². The summed E-state index contributed by atoms with van der Waals surface area (Å²) in [6.07, 6.45) is 10.3. The van der Waals surface area contributed by atoms with E-state index >= 15 is 0 Å². The average molecular weight is 656 g/mol. The monoisotopic (exact) mass is 655 g/mol. The van der Waals surface area contributed by atoms with Crippen LogP contribution >= 0.6 is 11.6 Å². The van der Waals surface area contributed by atoms with Gasteiger partial charge < -0.3 is 14.8 Å². The van der Waals surface area contributed by atoms with E-state index in [-0.39, 0.29) is 36.0 Å². The molecule has 10 nitrogen and oxygen atoms in total. The van der Waals surface area contributed by atoms with Gasteiger partial charge in [-0.05, 0) is 44.0 Å². The predicted octanol–water partition coefficient (Wildman–Crippen LogP) is 7.14. The second-order valence-electron chi connectivity index (χ2n) is 11.4. The molecule has 2 atom stereocenters. The number of nitrogens with one attached hydrogen (secondary N) is 1. The van der Waals surface area contributed by atoms with Crippen molar-refractivity contribution < 1.29 is 33.4 Å². The molecule has 2 aromatic rings. The Bertz CT molecular complexity index is 1340. The number of anilines is 1. The summed E-state index contributed by atoms with van der Waals surface area (Å²) in [5, 5.41) is 2.62. The standard InChI is InChI=1S/C35H46ClN3O7/c1-4-6-7-8-9-10-11-12-13-17-22-46-34(43)27-20-21-28(36)29(23-27)37-31(41)30(25(3)40)39-32(42)33(45-5-2)38(35(39)44)24-26-18-15-14-16-19-26/h14-16,18-21,23,30,33H,4-13,17,22,24H2,1-3H3,(H,37,41). The van der Waals surface area contributed by atoms with E-state index in [1.54, 1.807) is 31.2 Å². The molecule has 0 aliphatic carbocycles. The first-order valence-electron chi connectivity index (χ1n) is 16.3. The zero-order valence-corrected chi connectivity index (χ0v) is 27.9. The first-order chi connectivity index (χ1) is 22.2. The minimum absolute atomic E-state index is 0.0351. The van der Waals surface area contributed by atoms with Gasteiger partial charge in [-0.25, -0.2) is 14.5 Å². The summed E-state index contributed by atoms with van der Waals surface area (Å²) >= 11 is 6.32. The van der Waals surface area contributed by atoms with E-state index in [1.807, 2.05) is 6.07 Å². The fraction of sp³-hybridized carbons (Fsp3) is 0.514. The maximum atomic E-state index is 13.5. The van der Waals surface area contributed by atoms with E-state index in [4.69, 9.17) is 21.1 Å². The molecule has 1 heterocycles. The Morgan fingerprint density at radius 3 is 2.13 bits per heavy atom. The zero-order chi connectivity index (χ0) is 33.5. The Morgan fingerprint density at radius 1 is 0.891 bits per heavy atom. The fourth-order valence-electron chi connectivity index (χ4n) is 5.34. The molecule has 0 spiro atoms. The van der Waals surface area contributed by atoms with Crippen LogP contribution in [0, 0.1) is 0 Å². The molecule has 0 bridgehead atoms. The highest BCUT2D eigenvalue weighted by atomic mass is 35.5. The molecule has 4 amide bonds. The number of unbranched alkanes of at least 4 members (excludes halogenated alkanes) is 9. The molecule has 250 valence electrons. The summed E-state index contributed by atoms with van der Waals surface area (Å²) in [5.74, 6) is -3.09. The van der Waals surface area contributed by atoms with Gasteiger partial charge in [0.05, 0.1) is 29.4 Å². The topological polar surface area (TPSA) is 122 Å². The van der Waals surface area contributed by atoms with Crippen LogP contribution in [0.3, 0.4) is 0 Å². The van der Waals surface area contributed by atoms with E-state index in [1.165, 1.54) is 68.0 Å². The van der Waals surface area contributed by atoms with E-state index in [0.717, 1.165) is 31.7 Å². The number of esters is 1. The van der Waals surface area contributed by atoms with Crippen molar-refractivity contribution in [1.29, 1.82) is 0 Å². The van der Waals surface area contributed by atoms with Crippen LogP contribution < -0.4 is 5.32 Å². The highest BCUT2D eigenvalue weighted by Gasteiger charge is 2.52. The number of Topliss-reactive ketones (excluding diaryl/α,β-unsaturated/α-hetero) is 1. The third-order valence-corrected chi connectivity index (χ3v) is 8.12. The summed E-state index contributed by atoms with van der Waals surface area (Å²) < 4.78 is 11.0. The number of benzene rings is 2. The highest BCUT2D eigenvalue weighted by molar-refractivity contribution is 6.34. The van der Waals surface area contributed by atoms with Crippen molar-refractivity contribution in [2.45, 2.75) is 104 Å². The van der Waals surface area contributed by atoms with Gasteiger partial charge in [-0.15, -0.1) is 0 Å². The lowest BCUT2D eigenvalue weighted by Crippen LogP contribution is -2.52. The number of imide groups is 1. The Labute approximate surface area is 276 Å². The van der Waals surface area contributed by atoms with Gasteiger partial charge in [0.1, 0.15) is 0 Å². The summed E-state index contributed by atoms with van der Waals surface area (Å²) in [6, 6.07) is 10.6. The highest BCUT2D eigenvalue weighted by Crippen LogP contribution is 2.27. The minimum atomic E-state index is -1.79. The quantitative estimate of drug-likeness (QED) is 0.0696. The molecule has 0 radical (unpaired) electrons. The lowest BCUT2D eigenvalue weighted by molar-refractivity contribution is -0.147. The number of carbonyl (C=O) groups is 5. The molecule has 46 heavy (non-hydrogen) atoms. The van der Waals surface area contributed by atoms with Gasteiger partial charge in [0.2, 0.25) is 6.23 Å². The van der Waals surface area contributed by atoms with Crippen LogP contribution in [0.25, 0.3) is 0 Å². The Balaban J connectivity index is 1.61. The second kappa shape index (κ2) is 19.0. The van der Waals surface area contributed by atoms with Crippen LogP contribution in [0.5, 0.6) is 0 Å². The molecule has 1 saturated heterocycles. The number of carbonyl (C=O) groups excluding carboxylic acids is 5. The van der Waals surface area contributed by atoms with Gasteiger partial charge in [0.25, 0.3) is 11.8 Å². The van der Waals surface area contributed by atoms with Gasteiger partial charge in [0.15, 0.2) is 11.8 Å². The molecule has 11 heteroatoms. The second-order valence-corrected chi connectivity index (χ2v) is 11.8. The molecule has 2 unspecified atom stereocenters. The Kier molecular flexibility index (Phi) is 15.2. The van der Waals surface area contributed by atoms with Crippen LogP contribution in [0.4, 0.5) is 10.5 Å². The minimum Gasteiger partial charge on any atom is -0.462 e. The smallest absolute Gasteiger partial charge is 0.338 e. The zero-order valence-electron chi connectivity index (χ0n) is 27.1. The van der Waals surface area contributed by atoms with Crippen LogP contribution in [-0.2, 0) is 30.4 Å². The van der Waals surface area contributed by atoms with Gasteiger partial charge >= 0.3 is 12.0 Å². The number of hydrogen-bond acceptors (Lipinski definition) is 7. The number of amides is 4. The molecule has 1 N–H and O–H groups in total. The maximum absolute atomic E-state index is 13.5. The third kappa shape index (κ3) is 10.4. The molecular formula is C35H46ClN3O7. The number of ether oxygens (including phenoxy) is 2. The lowest BCUT2D eigenvalue weighted by atomic mass is 10.1. The summed E-state index contributed by atoms with van der Waals surface area (Å²) in [4.78, 5) is 67.6. The number of hydrogen-bond donors (Lipinski definition) is 1. The third-order valence-electron chi connectivity index (χ3n) is 7.79. The fourth-order valence-corrected chi connectivity index (χ4v) is 5.51. The number of urea groups is 1. The van der Waals surface area contributed by atoms with Crippen molar-refractivity contribution in [3.8, 4) is 0 Å². The van der Waals surface area contributed by atoms with Crippen molar-refractivity contribution in [3.05, 3.63) is 64.7 Å². The molecule has 1 aliphatic rings. The molecule has 1 fully saturated rings. The van der Waals surface area contributed by atoms with E-state index in [0.29, 0.717) is 4.90 Å². The van der Waals surface area contributed by atoms with Gasteiger partial charge in [-0.2, -0.15) is 0 Å². The van der Waals surface area contributed by atoms with Crippen molar-refractivity contribution in [2.75, 3.05) is 18.5 Å². The molecule has 1 aliphatic heterocycles. The molecule has 3 rings (SSSR count). The molecule has 2 aromatic carbocycles. The van der Waals surface area contributed by atoms with Crippen molar-refractivity contribution >= 4 is 46.9 Å². The van der Waals surface area contributed by atoms with E-state index < -0.39 is 41.9 Å². The average Bonchev–Trinajstić information content (AvgIpc) is 3.25. The van der Waals surface area contributed by atoms with Crippen LogP contribution in [0.1, 0.15) is 101 Å². The van der Waals surface area contributed by atoms with Gasteiger partial charge in [-0.1, -0.05) is 107 Å². The van der Waals surface area contributed by atoms with E-state index in [9.17, 15) is 24.0 Å². The number of rotatable bonds is 20. The van der Waals surface area contributed by atoms with Crippen molar-refractivity contribution in [3.63, 3.8) is 0 Å². The van der Waals surface area contributed by atoms with Gasteiger partial charge in [0, 0.05) is 6.61 Å². The van der Waals surface area contributed by atoms with Crippen molar-refractivity contribution in [1.82, 2.24) is 9.80 Å². The lowest BCUT2D eigenvalue weighted by Gasteiger charge is -2.23. The number of nitrogens with zero attached hydrogens (tertiary/aromatic N) is 2. The Morgan fingerprint density at radius 2 is 1.52 bits per heavy atom. The van der Waals surface area contributed by atoms with E-state index in [2.05, 4.69) is 12.2 Å². The first-order valence-corrected chi connectivity index (χ1v) is 16.6. The first kappa shape index (κ1) is 36.7. The van der Waals surface area contributed by atoms with Gasteiger partial charge in [-0.3, -0.25) is 19.3 Å². The number of halogens is 1. The number of ketones is 1. The summed E-state index contributed by atoms with van der Waals surface area (Å²) in [5.41, 5.74) is 0.931. The summed E-state index contributed by atoms with van der Waals surface area (Å²) in [6.45, 7) is 5.43. The normalized spacial score (nSPS) is 15.3. The predicted molar refractivity (Wildman–Crippen MR) is 176 cm³/mol. The van der Waals surface area contributed by atoms with Crippen LogP contribution in [0.2, 0.25) is 5.02 Å². The molecule has 0 saturated carbocycles. The largest absolute Gasteiger partial charge is 0.462 e.